The molecule has 0 atom stereocenters. The van der Waals surface area contributed by atoms with Crippen molar-refractivity contribution < 1.29 is 0 Å². The summed E-state index contributed by atoms with van der Waals surface area (Å²) in [5.74, 6) is 3.50. The van der Waals surface area contributed by atoms with Gasteiger partial charge in [0.1, 0.15) is 0 Å². The lowest BCUT2D eigenvalue weighted by molar-refractivity contribution is 0.332. The number of thiol groups is 1. The Morgan fingerprint density at radius 2 is 1.67 bits per heavy atom. The molecule has 1 aliphatic carbocycles. The van der Waals surface area contributed by atoms with Gasteiger partial charge in [0.05, 0.1) is 0 Å². The van der Waals surface area contributed by atoms with E-state index in [1.54, 1.807) is 0 Å². The fraction of sp³-hybridized carbons (Fsp3) is 0.625. The molecule has 0 radical (unpaired) electrons. The first-order valence-corrected chi connectivity index (χ1v) is 8.86. The predicted molar refractivity (Wildman–Crippen MR) is 86.6 cm³/mol. The second kappa shape index (κ2) is 7.49. The van der Waals surface area contributed by atoms with Gasteiger partial charge in [-0.2, -0.15) is 24.4 Å². The minimum absolute atomic E-state index is 0.513. The Hall–Kier alpha value is -0.0800. The summed E-state index contributed by atoms with van der Waals surface area (Å²) in [6.45, 7) is 0. The van der Waals surface area contributed by atoms with E-state index in [1.807, 2.05) is 0 Å². The zero-order valence-electron chi connectivity index (χ0n) is 11.1. The lowest BCUT2D eigenvalue weighted by Gasteiger charge is -2.30. The summed E-state index contributed by atoms with van der Waals surface area (Å²) in [6, 6.07) is 10.8. The van der Waals surface area contributed by atoms with Gasteiger partial charge in [0.15, 0.2) is 0 Å². The van der Waals surface area contributed by atoms with Crippen molar-refractivity contribution >= 4 is 24.4 Å². The van der Waals surface area contributed by atoms with E-state index >= 15 is 0 Å². The molecule has 0 nitrogen and oxygen atoms in total. The van der Waals surface area contributed by atoms with Gasteiger partial charge in [-0.05, 0) is 29.6 Å². The number of hydrogen-bond donors (Lipinski definition) is 1. The molecular formula is C16H24S2. The van der Waals surface area contributed by atoms with Crippen molar-refractivity contribution in [2.24, 2.45) is 5.41 Å². The van der Waals surface area contributed by atoms with E-state index in [0.29, 0.717) is 5.41 Å². The quantitative estimate of drug-likeness (QED) is 0.572. The van der Waals surface area contributed by atoms with Gasteiger partial charge in [-0.25, -0.2) is 0 Å². The third-order valence-electron chi connectivity index (χ3n) is 4.02. The monoisotopic (exact) mass is 280 g/mol. The van der Waals surface area contributed by atoms with Crippen LogP contribution in [0.4, 0.5) is 0 Å². The molecule has 1 aromatic carbocycles. The third-order valence-corrected chi connectivity index (χ3v) is 6.04. The Labute approximate surface area is 121 Å². The van der Waals surface area contributed by atoms with Crippen molar-refractivity contribution in [2.75, 3.05) is 11.5 Å². The first-order valence-electron chi connectivity index (χ1n) is 7.07. The Bertz CT molecular complexity index is 326. The molecule has 1 aliphatic rings. The van der Waals surface area contributed by atoms with Gasteiger partial charge >= 0.3 is 0 Å². The molecule has 0 spiro atoms. The highest BCUT2D eigenvalue weighted by Gasteiger charge is 2.29. The standard InChI is InChI=1S/C16H24S2/c17-13-16(10-6-1-2-7-11-16)14-18-12-15-8-4-3-5-9-15/h3-5,8-9,17H,1-2,6-7,10-14H2. The molecule has 2 rings (SSSR count). The van der Waals surface area contributed by atoms with Crippen LogP contribution in [0.1, 0.15) is 44.1 Å². The predicted octanol–water partition coefficient (Wildman–Crippen LogP) is 5.19. The van der Waals surface area contributed by atoms with Crippen LogP contribution in [0.15, 0.2) is 30.3 Å². The van der Waals surface area contributed by atoms with Gasteiger partial charge in [0.25, 0.3) is 0 Å². The van der Waals surface area contributed by atoms with Crippen LogP contribution >= 0.6 is 24.4 Å². The van der Waals surface area contributed by atoms with E-state index in [2.05, 4.69) is 54.7 Å². The van der Waals surface area contributed by atoms with Gasteiger partial charge in [-0.3, -0.25) is 0 Å². The maximum atomic E-state index is 4.64. The molecule has 1 aromatic rings. The van der Waals surface area contributed by atoms with E-state index in [-0.39, 0.29) is 0 Å². The van der Waals surface area contributed by atoms with Crippen molar-refractivity contribution in [3.63, 3.8) is 0 Å². The molecule has 100 valence electrons. The van der Waals surface area contributed by atoms with Crippen LogP contribution in [-0.2, 0) is 5.75 Å². The molecule has 2 heteroatoms. The zero-order chi connectivity index (χ0) is 12.7. The van der Waals surface area contributed by atoms with Gasteiger partial charge in [0, 0.05) is 11.5 Å². The average Bonchev–Trinajstić information content (AvgIpc) is 2.66. The number of rotatable bonds is 5. The normalized spacial score (nSPS) is 19.4. The Morgan fingerprint density at radius 1 is 1.00 bits per heavy atom. The summed E-state index contributed by atoms with van der Waals surface area (Å²) in [4.78, 5) is 0. The topological polar surface area (TPSA) is 0 Å². The molecule has 0 saturated heterocycles. The van der Waals surface area contributed by atoms with E-state index in [9.17, 15) is 0 Å². The van der Waals surface area contributed by atoms with Crippen LogP contribution in [0.3, 0.4) is 0 Å². The van der Waals surface area contributed by atoms with Crippen LogP contribution in [0, 0.1) is 5.41 Å². The number of benzene rings is 1. The minimum atomic E-state index is 0.513. The molecule has 0 amide bonds. The van der Waals surface area contributed by atoms with Crippen LogP contribution < -0.4 is 0 Å². The maximum absolute atomic E-state index is 4.64. The molecular weight excluding hydrogens is 256 g/mol. The van der Waals surface area contributed by atoms with E-state index in [1.165, 1.54) is 49.8 Å². The summed E-state index contributed by atoms with van der Waals surface area (Å²) in [5.41, 5.74) is 1.96. The van der Waals surface area contributed by atoms with Crippen LogP contribution in [0.25, 0.3) is 0 Å². The summed E-state index contributed by atoms with van der Waals surface area (Å²) in [7, 11) is 0. The fourth-order valence-corrected chi connectivity index (χ4v) is 4.72. The molecule has 0 aromatic heterocycles. The van der Waals surface area contributed by atoms with E-state index in [4.69, 9.17) is 0 Å². The lowest BCUT2D eigenvalue weighted by Crippen LogP contribution is -2.25. The highest BCUT2D eigenvalue weighted by atomic mass is 32.2. The SMILES string of the molecule is SCC1(CSCc2ccccc2)CCCCCC1. The Balaban J connectivity index is 1.83. The van der Waals surface area contributed by atoms with Crippen molar-refractivity contribution in [1.82, 2.24) is 0 Å². The van der Waals surface area contributed by atoms with E-state index < -0.39 is 0 Å². The molecule has 1 fully saturated rings. The second-order valence-electron chi connectivity index (χ2n) is 5.55. The van der Waals surface area contributed by atoms with Crippen LogP contribution in [0.5, 0.6) is 0 Å². The van der Waals surface area contributed by atoms with Gasteiger partial charge in [-0.1, -0.05) is 56.0 Å². The van der Waals surface area contributed by atoms with E-state index in [0.717, 1.165) is 11.5 Å². The average molecular weight is 281 g/mol. The maximum Gasteiger partial charge on any atom is 0.0184 e. The van der Waals surface area contributed by atoms with Crippen molar-refractivity contribution in [3.8, 4) is 0 Å². The molecule has 1 saturated carbocycles. The largest absolute Gasteiger partial charge is 0.179 e. The molecule has 18 heavy (non-hydrogen) atoms. The smallest absolute Gasteiger partial charge is 0.0184 e. The number of thioether (sulfide) groups is 1. The first kappa shape index (κ1) is 14.3. The number of hydrogen-bond acceptors (Lipinski definition) is 2. The highest BCUT2D eigenvalue weighted by Crippen LogP contribution is 2.39. The van der Waals surface area contributed by atoms with Crippen molar-refractivity contribution in [2.45, 2.75) is 44.3 Å². The zero-order valence-corrected chi connectivity index (χ0v) is 12.8. The van der Waals surface area contributed by atoms with Crippen molar-refractivity contribution in [3.05, 3.63) is 35.9 Å². The van der Waals surface area contributed by atoms with Crippen LogP contribution in [-0.4, -0.2) is 11.5 Å². The Morgan fingerprint density at radius 3 is 2.28 bits per heavy atom. The summed E-state index contributed by atoms with van der Waals surface area (Å²) < 4.78 is 0. The molecule has 0 N–H and O–H groups in total. The van der Waals surface area contributed by atoms with Gasteiger partial charge in [-0.15, -0.1) is 0 Å². The first-order chi connectivity index (χ1) is 8.85. The summed E-state index contributed by atoms with van der Waals surface area (Å²) >= 11 is 6.74. The summed E-state index contributed by atoms with van der Waals surface area (Å²) in [6.07, 6.45) is 8.45. The third kappa shape index (κ3) is 4.24. The lowest BCUT2D eigenvalue weighted by atomic mass is 9.84. The van der Waals surface area contributed by atoms with Gasteiger partial charge < -0.3 is 0 Å². The van der Waals surface area contributed by atoms with Crippen molar-refractivity contribution in [1.29, 1.82) is 0 Å². The molecule has 0 bridgehead atoms. The second-order valence-corrected chi connectivity index (χ2v) is 6.85. The molecule has 0 aliphatic heterocycles. The molecule has 0 unspecified atom stereocenters. The fourth-order valence-electron chi connectivity index (χ4n) is 2.79. The highest BCUT2D eigenvalue weighted by molar-refractivity contribution is 7.98. The van der Waals surface area contributed by atoms with Crippen LogP contribution in [0.2, 0.25) is 0 Å². The Kier molecular flexibility index (Phi) is 5.97. The van der Waals surface area contributed by atoms with Gasteiger partial charge in [0.2, 0.25) is 0 Å². The summed E-state index contributed by atoms with van der Waals surface area (Å²) in [5, 5.41) is 0. The minimum Gasteiger partial charge on any atom is -0.179 e. The molecule has 0 heterocycles.